The van der Waals surface area contributed by atoms with Gasteiger partial charge in [-0.3, -0.25) is 4.90 Å². The Bertz CT molecular complexity index is 495. The van der Waals surface area contributed by atoms with Crippen molar-refractivity contribution < 1.29 is 4.74 Å². The fourth-order valence-corrected chi connectivity index (χ4v) is 2.92. The molecule has 3 heteroatoms. The average Bonchev–Trinajstić information content (AvgIpc) is 2.92. The van der Waals surface area contributed by atoms with Crippen molar-refractivity contribution in [2.45, 2.75) is 25.9 Å². The van der Waals surface area contributed by atoms with E-state index in [2.05, 4.69) is 48.5 Å². The smallest absolute Gasteiger partial charge is 0.122 e. The second-order valence-electron chi connectivity index (χ2n) is 4.86. The summed E-state index contributed by atoms with van der Waals surface area (Å²) in [5, 5.41) is 2.13. The largest absolute Gasteiger partial charge is 0.496 e. The average molecular weight is 275 g/mol. The highest BCUT2D eigenvalue weighted by Crippen LogP contribution is 2.21. The van der Waals surface area contributed by atoms with Crippen molar-refractivity contribution in [1.82, 2.24) is 4.90 Å². The van der Waals surface area contributed by atoms with Crippen LogP contribution in [0.15, 0.2) is 41.8 Å². The van der Waals surface area contributed by atoms with Crippen molar-refractivity contribution in [1.29, 1.82) is 0 Å². The highest BCUT2D eigenvalue weighted by molar-refractivity contribution is 7.09. The molecule has 0 amide bonds. The molecule has 2 nitrogen and oxygen atoms in total. The Kier molecular flexibility index (Phi) is 5.00. The van der Waals surface area contributed by atoms with Crippen LogP contribution in [0, 0.1) is 0 Å². The molecule has 2 rings (SSSR count). The van der Waals surface area contributed by atoms with Crippen LogP contribution in [-0.2, 0) is 13.0 Å². The van der Waals surface area contributed by atoms with E-state index in [-0.39, 0.29) is 0 Å². The van der Waals surface area contributed by atoms with Crippen molar-refractivity contribution in [3.8, 4) is 5.75 Å². The standard InChI is InChI=1S/C16H21NOS/c1-13(17(2)12-15-8-6-10-19-15)11-14-7-4-5-9-16(14)18-3/h4-10,13H,11-12H2,1-3H3. The summed E-state index contributed by atoms with van der Waals surface area (Å²) in [4.78, 5) is 3.80. The molecule has 102 valence electrons. The number of nitrogens with zero attached hydrogens (tertiary/aromatic N) is 1. The lowest BCUT2D eigenvalue weighted by molar-refractivity contribution is 0.248. The number of para-hydroxylation sites is 1. The summed E-state index contributed by atoms with van der Waals surface area (Å²) in [6.07, 6.45) is 1.01. The van der Waals surface area contributed by atoms with Crippen molar-refractivity contribution >= 4 is 11.3 Å². The van der Waals surface area contributed by atoms with Crippen LogP contribution in [0.3, 0.4) is 0 Å². The molecule has 0 N–H and O–H groups in total. The van der Waals surface area contributed by atoms with Crippen LogP contribution < -0.4 is 4.74 Å². The lowest BCUT2D eigenvalue weighted by Gasteiger charge is -2.24. The summed E-state index contributed by atoms with van der Waals surface area (Å²) in [6, 6.07) is 13.1. The molecule has 1 heterocycles. The molecule has 0 fully saturated rings. The monoisotopic (exact) mass is 275 g/mol. The molecule has 0 spiro atoms. The molecule has 1 atom stereocenters. The van der Waals surface area contributed by atoms with Crippen LogP contribution in [0.25, 0.3) is 0 Å². The van der Waals surface area contributed by atoms with E-state index in [1.165, 1.54) is 10.4 Å². The van der Waals surface area contributed by atoms with Gasteiger partial charge in [0.15, 0.2) is 0 Å². The molecule has 1 unspecified atom stereocenters. The highest BCUT2D eigenvalue weighted by atomic mass is 32.1. The molecular weight excluding hydrogens is 254 g/mol. The molecule has 2 aromatic rings. The summed E-state index contributed by atoms with van der Waals surface area (Å²) in [7, 11) is 3.92. The summed E-state index contributed by atoms with van der Waals surface area (Å²) in [5.74, 6) is 0.985. The number of ether oxygens (including phenoxy) is 1. The van der Waals surface area contributed by atoms with Crippen molar-refractivity contribution in [2.75, 3.05) is 14.2 Å². The number of methoxy groups -OCH3 is 1. The molecule has 0 radical (unpaired) electrons. The lowest BCUT2D eigenvalue weighted by atomic mass is 10.1. The van der Waals surface area contributed by atoms with E-state index in [4.69, 9.17) is 4.74 Å². The first-order chi connectivity index (χ1) is 9.20. The molecule has 1 aromatic carbocycles. The van der Waals surface area contributed by atoms with Crippen molar-refractivity contribution in [3.05, 3.63) is 52.2 Å². The van der Waals surface area contributed by atoms with E-state index in [9.17, 15) is 0 Å². The van der Waals surface area contributed by atoms with Gasteiger partial charge in [0.05, 0.1) is 7.11 Å². The molecule has 0 aliphatic heterocycles. The molecule has 0 saturated carbocycles. The Morgan fingerprint density at radius 1 is 1.21 bits per heavy atom. The van der Waals surface area contributed by atoms with E-state index >= 15 is 0 Å². The summed E-state index contributed by atoms with van der Waals surface area (Å²) < 4.78 is 5.42. The van der Waals surface area contributed by atoms with Crippen LogP contribution in [-0.4, -0.2) is 25.1 Å². The highest BCUT2D eigenvalue weighted by Gasteiger charge is 2.13. The minimum absolute atomic E-state index is 0.485. The van der Waals surface area contributed by atoms with Gasteiger partial charge in [-0.1, -0.05) is 24.3 Å². The van der Waals surface area contributed by atoms with Gasteiger partial charge in [0, 0.05) is 17.5 Å². The molecular formula is C16H21NOS. The molecule has 1 aromatic heterocycles. The maximum absolute atomic E-state index is 5.42. The first kappa shape index (κ1) is 14.1. The third-order valence-corrected chi connectivity index (χ3v) is 4.31. The second-order valence-corrected chi connectivity index (χ2v) is 5.89. The van der Waals surface area contributed by atoms with Gasteiger partial charge in [0.1, 0.15) is 5.75 Å². The van der Waals surface area contributed by atoms with Gasteiger partial charge in [-0.15, -0.1) is 11.3 Å². The maximum Gasteiger partial charge on any atom is 0.122 e. The molecule has 0 aliphatic carbocycles. The summed E-state index contributed by atoms with van der Waals surface area (Å²) >= 11 is 1.82. The predicted molar refractivity (Wildman–Crippen MR) is 81.9 cm³/mol. The zero-order valence-electron chi connectivity index (χ0n) is 11.8. The minimum atomic E-state index is 0.485. The minimum Gasteiger partial charge on any atom is -0.496 e. The van der Waals surface area contributed by atoms with Crippen LogP contribution in [0.2, 0.25) is 0 Å². The normalized spacial score (nSPS) is 12.6. The van der Waals surface area contributed by atoms with Gasteiger partial charge < -0.3 is 4.74 Å². The Hall–Kier alpha value is -1.32. The maximum atomic E-state index is 5.42. The SMILES string of the molecule is COc1ccccc1CC(C)N(C)Cc1cccs1. The number of thiophene rings is 1. The van der Waals surface area contributed by atoms with Gasteiger partial charge in [0.2, 0.25) is 0 Å². The lowest BCUT2D eigenvalue weighted by Crippen LogP contribution is -2.30. The third-order valence-electron chi connectivity index (χ3n) is 3.45. The number of rotatable bonds is 6. The quantitative estimate of drug-likeness (QED) is 0.794. The fourth-order valence-electron chi connectivity index (χ4n) is 2.15. The Morgan fingerprint density at radius 2 is 2.00 bits per heavy atom. The molecule has 0 aliphatic rings. The Labute approximate surface area is 119 Å². The number of likely N-dealkylation sites (N-methyl/N-ethyl adjacent to an activating group) is 1. The Morgan fingerprint density at radius 3 is 2.68 bits per heavy atom. The van der Waals surface area contributed by atoms with Gasteiger partial charge in [0.25, 0.3) is 0 Å². The van der Waals surface area contributed by atoms with Gasteiger partial charge >= 0.3 is 0 Å². The Balaban J connectivity index is 1.98. The predicted octanol–water partition coefficient (Wildman–Crippen LogP) is 3.82. The summed E-state index contributed by atoms with van der Waals surface area (Å²) in [6.45, 7) is 3.27. The van der Waals surface area contributed by atoms with Crippen LogP contribution in [0.5, 0.6) is 5.75 Å². The van der Waals surface area contributed by atoms with Crippen LogP contribution in [0.4, 0.5) is 0 Å². The third kappa shape index (κ3) is 3.82. The van der Waals surface area contributed by atoms with Gasteiger partial charge in [-0.05, 0) is 43.5 Å². The second kappa shape index (κ2) is 6.73. The van der Waals surface area contributed by atoms with Gasteiger partial charge in [-0.25, -0.2) is 0 Å². The molecule has 0 bridgehead atoms. The van der Waals surface area contributed by atoms with E-state index in [1.54, 1.807) is 7.11 Å². The van der Waals surface area contributed by atoms with E-state index in [1.807, 2.05) is 23.5 Å². The number of benzene rings is 1. The molecule has 19 heavy (non-hydrogen) atoms. The van der Waals surface area contributed by atoms with E-state index < -0.39 is 0 Å². The number of hydrogen-bond donors (Lipinski definition) is 0. The van der Waals surface area contributed by atoms with Crippen molar-refractivity contribution in [2.24, 2.45) is 0 Å². The van der Waals surface area contributed by atoms with Crippen LogP contribution >= 0.6 is 11.3 Å². The number of hydrogen-bond acceptors (Lipinski definition) is 3. The zero-order valence-corrected chi connectivity index (χ0v) is 12.6. The fraction of sp³-hybridized carbons (Fsp3) is 0.375. The topological polar surface area (TPSA) is 12.5 Å². The zero-order chi connectivity index (χ0) is 13.7. The van der Waals surface area contributed by atoms with Crippen molar-refractivity contribution in [3.63, 3.8) is 0 Å². The molecule has 0 saturated heterocycles. The first-order valence-electron chi connectivity index (χ1n) is 6.55. The van der Waals surface area contributed by atoms with E-state index in [0.29, 0.717) is 6.04 Å². The first-order valence-corrected chi connectivity index (χ1v) is 7.43. The van der Waals surface area contributed by atoms with Crippen LogP contribution in [0.1, 0.15) is 17.4 Å². The summed E-state index contributed by atoms with van der Waals surface area (Å²) in [5.41, 5.74) is 1.27. The van der Waals surface area contributed by atoms with Gasteiger partial charge in [-0.2, -0.15) is 0 Å². The van der Waals surface area contributed by atoms with E-state index in [0.717, 1.165) is 18.7 Å².